The van der Waals surface area contributed by atoms with Crippen molar-refractivity contribution in [3.8, 4) is 0 Å². The van der Waals surface area contributed by atoms with Crippen LogP contribution in [0.4, 0.5) is 4.39 Å². The molecule has 0 saturated carbocycles. The number of hydrogen-bond acceptors (Lipinski definition) is 2. The van der Waals surface area contributed by atoms with Gasteiger partial charge in [0.1, 0.15) is 0 Å². The molecule has 1 saturated heterocycles. The Hall–Kier alpha value is -1.39. The van der Waals surface area contributed by atoms with Crippen LogP contribution in [0.25, 0.3) is 10.9 Å². The maximum Gasteiger partial charge on any atom is 0.169 e. The molecule has 3 rings (SSSR count). The summed E-state index contributed by atoms with van der Waals surface area (Å²) in [5, 5.41) is 4.51. The van der Waals surface area contributed by atoms with Crippen molar-refractivity contribution in [3.63, 3.8) is 0 Å². The molecular weight excluding hydrogens is 243 g/mol. The lowest BCUT2D eigenvalue weighted by Crippen LogP contribution is -2.54. The quantitative estimate of drug-likeness (QED) is 0.868. The second-order valence-electron chi connectivity index (χ2n) is 5.49. The Kier molecular flexibility index (Phi) is 3.29. The zero-order valence-electron chi connectivity index (χ0n) is 11.1. The Morgan fingerprint density at radius 2 is 2.21 bits per heavy atom. The fourth-order valence-corrected chi connectivity index (χ4v) is 2.49. The number of H-pyrrole nitrogens is 1. The van der Waals surface area contributed by atoms with Crippen LogP contribution in [0.2, 0.25) is 0 Å². The van der Waals surface area contributed by atoms with Crippen molar-refractivity contribution in [2.24, 2.45) is 0 Å². The molecule has 2 heterocycles. The third-order valence-corrected chi connectivity index (χ3v) is 3.69. The van der Waals surface area contributed by atoms with E-state index in [0.717, 1.165) is 11.9 Å². The van der Waals surface area contributed by atoms with E-state index in [0.29, 0.717) is 6.54 Å². The van der Waals surface area contributed by atoms with Gasteiger partial charge in [-0.2, -0.15) is 0 Å². The lowest BCUT2D eigenvalue weighted by atomic mass is 10.0. The molecule has 1 aliphatic heterocycles. The van der Waals surface area contributed by atoms with E-state index < -0.39 is 5.67 Å². The zero-order valence-corrected chi connectivity index (χ0v) is 11.1. The number of para-hydroxylation sites is 1. The molecule has 0 radical (unpaired) electrons. The third-order valence-electron chi connectivity index (χ3n) is 3.69. The Bertz CT molecular complexity index is 562. The highest BCUT2D eigenvalue weighted by atomic mass is 19.1. The second-order valence-corrected chi connectivity index (χ2v) is 5.49. The topological polar surface area (TPSA) is 37.0 Å². The van der Waals surface area contributed by atoms with Crippen molar-refractivity contribution in [1.29, 1.82) is 0 Å². The number of ether oxygens (including phenoxy) is 1. The first-order chi connectivity index (χ1) is 9.16. The summed E-state index contributed by atoms with van der Waals surface area (Å²) in [7, 11) is 0. The fourth-order valence-electron chi connectivity index (χ4n) is 2.49. The number of fused-ring (bicyclic) bond motifs is 1. The van der Waals surface area contributed by atoms with Gasteiger partial charge in [0, 0.05) is 29.7 Å². The van der Waals surface area contributed by atoms with Gasteiger partial charge < -0.3 is 15.0 Å². The van der Waals surface area contributed by atoms with E-state index in [1.807, 2.05) is 18.3 Å². The highest BCUT2D eigenvalue weighted by Gasteiger charge is 2.38. The predicted molar refractivity (Wildman–Crippen MR) is 74.1 cm³/mol. The molecule has 1 aromatic heterocycles. The zero-order chi connectivity index (χ0) is 13.3. The smallest absolute Gasteiger partial charge is 0.169 e. The average Bonchev–Trinajstić information content (AvgIpc) is 2.78. The van der Waals surface area contributed by atoms with E-state index in [1.54, 1.807) is 0 Å². The van der Waals surface area contributed by atoms with Gasteiger partial charge in [-0.25, -0.2) is 4.39 Å². The summed E-state index contributed by atoms with van der Waals surface area (Å²) in [4.78, 5) is 3.27. The van der Waals surface area contributed by atoms with Crippen molar-refractivity contribution in [3.05, 3.63) is 36.0 Å². The molecule has 2 N–H and O–H groups in total. The monoisotopic (exact) mass is 262 g/mol. The number of halogens is 1. The molecule has 0 bridgehead atoms. The van der Waals surface area contributed by atoms with Crippen molar-refractivity contribution < 1.29 is 9.13 Å². The summed E-state index contributed by atoms with van der Waals surface area (Å²) in [6.07, 6.45) is 2.93. The van der Waals surface area contributed by atoms with Gasteiger partial charge in [0.05, 0.1) is 13.2 Å². The number of alkyl halides is 1. The van der Waals surface area contributed by atoms with Crippen LogP contribution in [0.15, 0.2) is 30.5 Å². The molecule has 1 aliphatic rings. The summed E-state index contributed by atoms with van der Waals surface area (Å²) in [5.41, 5.74) is 1.27. The molecule has 1 unspecified atom stereocenters. The Balaban J connectivity index is 1.61. The van der Waals surface area contributed by atoms with E-state index in [9.17, 15) is 4.39 Å². The van der Waals surface area contributed by atoms with E-state index in [4.69, 9.17) is 4.74 Å². The number of hydrogen-bond donors (Lipinski definition) is 2. The van der Waals surface area contributed by atoms with Gasteiger partial charge in [-0.15, -0.1) is 0 Å². The summed E-state index contributed by atoms with van der Waals surface area (Å²) < 4.78 is 18.7. The van der Waals surface area contributed by atoms with Crippen LogP contribution in [0.5, 0.6) is 0 Å². The molecule has 1 aromatic carbocycles. The average molecular weight is 262 g/mol. The summed E-state index contributed by atoms with van der Waals surface area (Å²) in [6, 6.07) is 8.49. The SMILES string of the molecule is CC(Cc1c[nH]c2ccccc12)NCC1(F)COC1. The lowest BCUT2D eigenvalue weighted by molar-refractivity contribution is -0.127. The van der Waals surface area contributed by atoms with Crippen LogP contribution in [0.3, 0.4) is 0 Å². The highest BCUT2D eigenvalue weighted by molar-refractivity contribution is 5.83. The summed E-state index contributed by atoms with van der Waals surface area (Å²) in [6.45, 7) is 2.90. The minimum Gasteiger partial charge on any atom is -0.375 e. The minimum absolute atomic E-state index is 0.222. The van der Waals surface area contributed by atoms with Crippen LogP contribution < -0.4 is 5.32 Å². The van der Waals surface area contributed by atoms with Crippen LogP contribution in [-0.2, 0) is 11.2 Å². The van der Waals surface area contributed by atoms with Crippen molar-refractivity contribution in [2.75, 3.05) is 19.8 Å². The van der Waals surface area contributed by atoms with E-state index >= 15 is 0 Å². The molecule has 0 amide bonds. The fraction of sp³-hybridized carbons (Fsp3) is 0.467. The predicted octanol–water partition coefficient (Wildman–Crippen LogP) is 2.43. The minimum atomic E-state index is -1.16. The van der Waals surface area contributed by atoms with Gasteiger partial charge in [0.15, 0.2) is 5.67 Å². The van der Waals surface area contributed by atoms with Crippen LogP contribution >= 0.6 is 0 Å². The van der Waals surface area contributed by atoms with Gasteiger partial charge in [-0.05, 0) is 25.0 Å². The van der Waals surface area contributed by atoms with Gasteiger partial charge >= 0.3 is 0 Å². The Morgan fingerprint density at radius 1 is 1.42 bits per heavy atom. The molecule has 1 fully saturated rings. The molecule has 4 heteroatoms. The van der Waals surface area contributed by atoms with Crippen molar-refractivity contribution in [2.45, 2.75) is 25.1 Å². The van der Waals surface area contributed by atoms with Gasteiger partial charge in [0.2, 0.25) is 0 Å². The first-order valence-electron chi connectivity index (χ1n) is 6.71. The molecular formula is C15H19FN2O. The van der Waals surface area contributed by atoms with E-state index in [1.165, 1.54) is 10.9 Å². The first kappa shape index (κ1) is 12.6. The van der Waals surface area contributed by atoms with Crippen molar-refractivity contribution in [1.82, 2.24) is 10.3 Å². The molecule has 1 atom stereocenters. The number of aromatic nitrogens is 1. The molecule has 2 aromatic rings. The van der Waals surface area contributed by atoms with Gasteiger partial charge in [-0.3, -0.25) is 0 Å². The lowest BCUT2D eigenvalue weighted by Gasteiger charge is -2.34. The first-order valence-corrected chi connectivity index (χ1v) is 6.71. The highest BCUT2D eigenvalue weighted by Crippen LogP contribution is 2.22. The second kappa shape index (κ2) is 4.94. The Morgan fingerprint density at radius 3 is 2.95 bits per heavy atom. The largest absolute Gasteiger partial charge is 0.375 e. The molecule has 0 aliphatic carbocycles. The van der Waals surface area contributed by atoms with Gasteiger partial charge in [0.25, 0.3) is 0 Å². The maximum absolute atomic E-state index is 13.8. The number of nitrogens with one attached hydrogen (secondary N) is 2. The molecule has 3 nitrogen and oxygen atoms in total. The summed E-state index contributed by atoms with van der Waals surface area (Å²) >= 11 is 0. The summed E-state index contributed by atoms with van der Waals surface area (Å²) in [5.74, 6) is 0. The Labute approximate surface area is 112 Å². The molecule has 0 spiro atoms. The van der Waals surface area contributed by atoms with Crippen LogP contribution in [0.1, 0.15) is 12.5 Å². The van der Waals surface area contributed by atoms with Crippen LogP contribution in [0, 0.1) is 0 Å². The molecule has 102 valence electrons. The standard InChI is InChI=1S/C15H19FN2O/c1-11(18-8-15(16)9-19-10-15)6-12-7-17-14-5-3-2-4-13(12)14/h2-5,7,11,17-18H,6,8-10H2,1H3. The number of benzene rings is 1. The van der Waals surface area contributed by atoms with E-state index in [2.05, 4.69) is 29.4 Å². The number of aromatic amines is 1. The number of rotatable bonds is 5. The third kappa shape index (κ3) is 2.65. The van der Waals surface area contributed by atoms with Crippen molar-refractivity contribution >= 4 is 10.9 Å². The normalized spacial score (nSPS) is 19.3. The molecule has 19 heavy (non-hydrogen) atoms. The van der Waals surface area contributed by atoms with Crippen LogP contribution in [-0.4, -0.2) is 36.5 Å². The maximum atomic E-state index is 13.8. The van der Waals surface area contributed by atoms with E-state index in [-0.39, 0.29) is 19.3 Å². The van der Waals surface area contributed by atoms with Gasteiger partial charge in [-0.1, -0.05) is 18.2 Å².